The van der Waals surface area contributed by atoms with E-state index in [0.29, 0.717) is 11.4 Å². The maximum Gasteiger partial charge on any atom is 0.415 e. The number of aromatic nitrogens is 1. The summed E-state index contributed by atoms with van der Waals surface area (Å²) in [5, 5.41) is 0. The van der Waals surface area contributed by atoms with Crippen molar-refractivity contribution in [2.24, 2.45) is 0 Å². The average Bonchev–Trinajstić information content (AvgIpc) is 2.72. The Hall–Kier alpha value is -2.89. The Morgan fingerprint density at radius 1 is 1.10 bits per heavy atom. The van der Waals surface area contributed by atoms with Gasteiger partial charge in [-0.1, -0.05) is 24.3 Å². The quantitative estimate of drug-likeness (QED) is 0.747. The molecular weight excluding hydrogens is 366 g/mol. The molecule has 0 aliphatic carbocycles. The van der Waals surface area contributed by atoms with Crippen molar-refractivity contribution in [3.8, 4) is 0 Å². The van der Waals surface area contributed by atoms with Gasteiger partial charge in [0, 0.05) is 25.4 Å². The molecule has 1 saturated heterocycles. The summed E-state index contributed by atoms with van der Waals surface area (Å²) in [7, 11) is 1.64. The number of amides is 2. The van der Waals surface area contributed by atoms with Crippen LogP contribution in [0.25, 0.3) is 0 Å². The number of piperidine rings is 1. The Bertz CT molecular complexity index is 844. The van der Waals surface area contributed by atoms with Gasteiger partial charge in [0.15, 0.2) is 0 Å². The highest BCUT2D eigenvalue weighted by molar-refractivity contribution is 5.94. The first-order valence-corrected chi connectivity index (χ1v) is 10.0. The summed E-state index contributed by atoms with van der Waals surface area (Å²) in [5.41, 5.74) is 1.12. The predicted molar refractivity (Wildman–Crippen MR) is 113 cm³/mol. The minimum atomic E-state index is -0.564. The fraction of sp³-hybridized carbons (Fsp3) is 0.435. The molecule has 0 radical (unpaired) electrons. The maximum atomic E-state index is 13.0. The lowest BCUT2D eigenvalue weighted by Crippen LogP contribution is -2.38. The summed E-state index contributed by atoms with van der Waals surface area (Å²) in [4.78, 5) is 33.1. The van der Waals surface area contributed by atoms with E-state index in [1.165, 1.54) is 4.90 Å². The molecule has 1 aromatic carbocycles. The molecule has 2 heterocycles. The number of ether oxygens (including phenoxy) is 1. The lowest BCUT2D eigenvalue weighted by molar-refractivity contribution is 0.0586. The highest BCUT2D eigenvalue weighted by atomic mass is 16.6. The van der Waals surface area contributed by atoms with E-state index in [4.69, 9.17) is 4.74 Å². The van der Waals surface area contributed by atoms with Crippen LogP contribution in [0.3, 0.4) is 0 Å². The molecule has 0 bridgehead atoms. The fourth-order valence-electron chi connectivity index (χ4n) is 3.48. The topological polar surface area (TPSA) is 62.7 Å². The average molecular weight is 396 g/mol. The molecule has 29 heavy (non-hydrogen) atoms. The zero-order valence-electron chi connectivity index (χ0n) is 17.6. The molecule has 3 rings (SSSR count). The van der Waals surface area contributed by atoms with E-state index in [2.05, 4.69) is 4.98 Å². The molecule has 2 aromatic rings. The van der Waals surface area contributed by atoms with Crippen molar-refractivity contribution >= 4 is 17.8 Å². The SMILES string of the molecule is CN(C(=O)OC(C)(C)C)c1ccc([C@@H]2CCCCN2C(=O)c2ccccc2)cn1. The van der Waals surface area contributed by atoms with Gasteiger partial charge in [0.2, 0.25) is 0 Å². The highest BCUT2D eigenvalue weighted by Gasteiger charge is 2.29. The first-order valence-electron chi connectivity index (χ1n) is 10.0. The number of likely N-dealkylation sites (tertiary alicyclic amines) is 1. The lowest BCUT2D eigenvalue weighted by atomic mass is 9.95. The summed E-state index contributed by atoms with van der Waals surface area (Å²) in [6.45, 7) is 6.22. The number of carbonyl (C=O) groups is 2. The van der Waals surface area contributed by atoms with Gasteiger partial charge in [0.1, 0.15) is 11.4 Å². The number of anilines is 1. The van der Waals surface area contributed by atoms with Crippen LogP contribution in [0.15, 0.2) is 48.7 Å². The Balaban J connectivity index is 1.76. The summed E-state index contributed by atoms with van der Waals surface area (Å²) in [6.07, 6.45) is 4.29. The van der Waals surface area contributed by atoms with Crippen LogP contribution >= 0.6 is 0 Å². The predicted octanol–water partition coefficient (Wildman–Crippen LogP) is 4.82. The number of pyridine rings is 1. The Kier molecular flexibility index (Phi) is 6.20. The molecule has 0 saturated carbocycles. The van der Waals surface area contributed by atoms with Crippen LogP contribution in [-0.4, -0.2) is 41.1 Å². The van der Waals surface area contributed by atoms with Gasteiger partial charge in [-0.15, -0.1) is 0 Å². The van der Waals surface area contributed by atoms with E-state index < -0.39 is 11.7 Å². The summed E-state index contributed by atoms with van der Waals surface area (Å²) in [6, 6.07) is 13.1. The summed E-state index contributed by atoms with van der Waals surface area (Å²) < 4.78 is 5.39. The van der Waals surface area contributed by atoms with Gasteiger partial charge in [-0.3, -0.25) is 9.69 Å². The van der Waals surface area contributed by atoms with Crippen molar-refractivity contribution < 1.29 is 14.3 Å². The van der Waals surface area contributed by atoms with E-state index in [-0.39, 0.29) is 11.9 Å². The number of hydrogen-bond acceptors (Lipinski definition) is 4. The second-order valence-corrected chi connectivity index (χ2v) is 8.37. The van der Waals surface area contributed by atoms with Crippen LogP contribution in [0.4, 0.5) is 10.6 Å². The Morgan fingerprint density at radius 2 is 1.83 bits per heavy atom. The molecule has 2 amide bonds. The van der Waals surface area contributed by atoms with E-state index in [0.717, 1.165) is 31.4 Å². The number of rotatable bonds is 3. The van der Waals surface area contributed by atoms with Crippen molar-refractivity contribution in [3.63, 3.8) is 0 Å². The normalized spacial score (nSPS) is 17.0. The number of nitrogens with zero attached hydrogens (tertiary/aromatic N) is 3. The van der Waals surface area contributed by atoms with Crippen molar-refractivity contribution in [2.45, 2.75) is 51.7 Å². The Labute approximate surface area is 172 Å². The second kappa shape index (κ2) is 8.64. The molecular formula is C23H29N3O3. The lowest BCUT2D eigenvalue weighted by Gasteiger charge is -2.36. The third-order valence-corrected chi connectivity index (χ3v) is 4.95. The van der Waals surface area contributed by atoms with Crippen LogP contribution in [0.1, 0.15) is 62.0 Å². The van der Waals surface area contributed by atoms with Gasteiger partial charge in [-0.2, -0.15) is 0 Å². The molecule has 1 aliphatic rings. The van der Waals surface area contributed by atoms with Crippen molar-refractivity contribution in [3.05, 3.63) is 59.8 Å². The minimum Gasteiger partial charge on any atom is -0.443 e. The van der Waals surface area contributed by atoms with E-state index >= 15 is 0 Å². The number of carbonyl (C=O) groups excluding carboxylic acids is 2. The largest absolute Gasteiger partial charge is 0.443 e. The summed E-state index contributed by atoms with van der Waals surface area (Å²) >= 11 is 0. The van der Waals surface area contributed by atoms with Gasteiger partial charge < -0.3 is 9.64 Å². The Morgan fingerprint density at radius 3 is 2.45 bits per heavy atom. The molecule has 1 aliphatic heterocycles. The molecule has 0 N–H and O–H groups in total. The monoisotopic (exact) mass is 395 g/mol. The van der Waals surface area contributed by atoms with E-state index in [9.17, 15) is 9.59 Å². The van der Waals surface area contributed by atoms with Gasteiger partial charge in [0.25, 0.3) is 5.91 Å². The molecule has 1 atom stereocenters. The van der Waals surface area contributed by atoms with Gasteiger partial charge >= 0.3 is 6.09 Å². The molecule has 0 unspecified atom stereocenters. The fourth-order valence-corrected chi connectivity index (χ4v) is 3.48. The highest BCUT2D eigenvalue weighted by Crippen LogP contribution is 2.32. The smallest absolute Gasteiger partial charge is 0.415 e. The minimum absolute atomic E-state index is 0.00941. The van der Waals surface area contributed by atoms with Crippen LogP contribution in [0, 0.1) is 0 Å². The zero-order valence-corrected chi connectivity index (χ0v) is 17.6. The van der Waals surface area contributed by atoms with Gasteiger partial charge in [-0.05, 0) is 63.8 Å². The first kappa shape index (κ1) is 20.8. The number of benzene rings is 1. The third kappa shape index (κ3) is 5.13. The van der Waals surface area contributed by atoms with Crippen molar-refractivity contribution in [1.29, 1.82) is 0 Å². The van der Waals surface area contributed by atoms with E-state index in [1.807, 2.05) is 62.1 Å². The van der Waals surface area contributed by atoms with Crippen molar-refractivity contribution in [1.82, 2.24) is 9.88 Å². The first-order chi connectivity index (χ1) is 13.8. The molecule has 154 valence electrons. The second-order valence-electron chi connectivity index (χ2n) is 8.37. The standard InChI is InChI=1S/C23H29N3O3/c1-23(2,3)29-22(28)25(4)20-14-13-18(16-24-20)19-12-8-9-15-26(19)21(27)17-10-6-5-7-11-17/h5-7,10-11,13-14,16,19H,8-9,12,15H2,1-4H3/t19-/m0/s1. The van der Waals surface area contributed by atoms with Crippen LogP contribution in [-0.2, 0) is 4.74 Å². The zero-order chi connectivity index (χ0) is 21.0. The van der Waals surface area contributed by atoms with Gasteiger partial charge in [-0.25, -0.2) is 9.78 Å². The molecule has 1 fully saturated rings. The van der Waals surface area contributed by atoms with Crippen molar-refractivity contribution in [2.75, 3.05) is 18.5 Å². The molecule has 6 nitrogen and oxygen atoms in total. The molecule has 0 spiro atoms. The van der Waals surface area contributed by atoms with Crippen LogP contribution in [0.2, 0.25) is 0 Å². The summed E-state index contributed by atoms with van der Waals surface area (Å²) in [5.74, 6) is 0.560. The van der Waals surface area contributed by atoms with Crippen LogP contribution < -0.4 is 4.90 Å². The van der Waals surface area contributed by atoms with Crippen LogP contribution in [0.5, 0.6) is 0 Å². The number of hydrogen-bond donors (Lipinski definition) is 0. The van der Waals surface area contributed by atoms with Gasteiger partial charge in [0.05, 0.1) is 6.04 Å². The molecule has 6 heteroatoms. The third-order valence-electron chi connectivity index (χ3n) is 4.95. The maximum absolute atomic E-state index is 13.0. The van der Waals surface area contributed by atoms with E-state index in [1.54, 1.807) is 19.3 Å². The molecule has 1 aromatic heterocycles.